The number of carbonyl (C=O) groups is 1. The van der Waals surface area contributed by atoms with Crippen LogP contribution in [0.3, 0.4) is 0 Å². The summed E-state index contributed by atoms with van der Waals surface area (Å²) in [5.74, 6) is 0.00670. The summed E-state index contributed by atoms with van der Waals surface area (Å²) >= 11 is 1.47. The summed E-state index contributed by atoms with van der Waals surface area (Å²) in [6.07, 6.45) is 0.307. The van der Waals surface area contributed by atoms with Gasteiger partial charge in [-0.15, -0.1) is 0 Å². The Morgan fingerprint density at radius 1 is 1.30 bits per heavy atom. The van der Waals surface area contributed by atoms with Gasteiger partial charge in [-0.05, 0) is 23.6 Å². The molecule has 0 bridgehead atoms. The fraction of sp³-hybridized carbons (Fsp3) is 0.143. The van der Waals surface area contributed by atoms with Crippen LogP contribution in [0.25, 0.3) is 0 Å². The predicted molar refractivity (Wildman–Crippen MR) is 80.5 cm³/mol. The Bertz CT molecular complexity index is 582. The lowest BCUT2D eigenvalue weighted by Crippen LogP contribution is -2.33. The van der Waals surface area contributed by atoms with E-state index >= 15 is 0 Å². The summed E-state index contributed by atoms with van der Waals surface area (Å²) in [6.45, 7) is 0.356. The first-order valence-electron chi connectivity index (χ1n) is 6.08. The standard InChI is InChI=1S/C14H15N3O2S/c15-13(16-19)6-8-17(12-4-2-1-3-5-12)14(18)11-7-9-20-10-11/h1-5,7,9-10,19H,6,8H2,(H2,15,16). The second kappa shape index (κ2) is 6.72. The van der Waals surface area contributed by atoms with Crippen LogP contribution in [0.1, 0.15) is 16.8 Å². The fourth-order valence-electron chi connectivity index (χ4n) is 1.77. The number of benzene rings is 1. The monoisotopic (exact) mass is 289 g/mol. The van der Waals surface area contributed by atoms with E-state index in [9.17, 15) is 4.79 Å². The van der Waals surface area contributed by atoms with Crippen LogP contribution < -0.4 is 10.6 Å². The minimum atomic E-state index is -0.0943. The van der Waals surface area contributed by atoms with Crippen LogP contribution in [0, 0.1) is 0 Å². The zero-order valence-corrected chi connectivity index (χ0v) is 11.6. The molecule has 0 atom stereocenters. The van der Waals surface area contributed by atoms with Crippen molar-refractivity contribution in [3.05, 3.63) is 52.7 Å². The van der Waals surface area contributed by atoms with Crippen molar-refractivity contribution in [3.8, 4) is 0 Å². The summed E-state index contributed by atoms with van der Waals surface area (Å²) in [6, 6.07) is 11.1. The minimum absolute atomic E-state index is 0.0943. The molecule has 0 fully saturated rings. The molecule has 0 aliphatic heterocycles. The quantitative estimate of drug-likeness (QED) is 0.384. The Kier molecular flexibility index (Phi) is 4.73. The van der Waals surface area contributed by atoms with E-state index < -0.39 is 0 Å². The zero-order valence-electron chi connectivity index (χ0n) is 10.8. The first-order valence-corrected chi connectivity index (χ1v) is 7.02. The molecule has 5 nitrogen and oxygen atoms in total. The summed E-state index contributed by atoms with van der Waals surface area (Å²) in [5.41, 5.74) is 6.91. The highest BCUT2D eigenvalue weighted by Gasteiger charge is 2.18. The molecule has 0 aliphatic rings. The number of para-hydroxylation sites is 1. The first-order chi connectivity index (χ1) is 9.72. The highest BCUT2D eigenvalue weighted by molar-refractivity contribution is 7.08. The van der Waals surface area contributed by atoms with Crippen LogP contribution in [0.15, 0.2) is 52.3 Å². The Labute approximate surface area is 120 Å². The number of thiophene rings is 1. The van der Waals surface area contributed by atoms with Gasteiger partial charge in [0.05, 0.1) is 5.56 Å². The van der Waals surface area contributed by atoms with Crippen molar-refractivity contribution in [2.24, 2.45) is 10.9 Å². The number of carbonyl (C=O) groups excluding carboxylic acids is 1. The molecule has 0 radical (unpaired) electrons. The molecule has 104 valence electrons. The van der Waals surface area contributed by atoms with Gasteiger partial charge in [-0.2, -0.15) is 11.3 Å². The van der Waals surface area contributed by atoms with Gasteiger partial charge in [0.25, 0.3) is 5.91 Å². The molecule has 1 amide bonds. The smallest absolute Gasteiger partial charge is 0.259 e. The van der Waals surface area contributed by atoms with Gasteiger partial charge in [0, 0.05) is 24.0 Å². The fourth-order valence-corrected chi connectivity index (χ4v) is 2.40. The molecule has 0 unspecified atom stereocenters. The van der Waals surface area contributed by atoms with Gasteiger partial charge >= 0.3 is 0 Å². The average Bonchev–Trinajstić information content (AvgIpc) is 3.02. The van der Waals surface area contributed by atoms with E-state index in [0.29, 0.717) is 18.5 Å². The van der Waals surface area contributed by atoms with Crippen molar-refractivity contribution in [1.82, 2.24) is 0 Å². The van der Waals surface area contributed by atoms with Gasteiger partial charge in [-0.1, -0.05) is 23.4 Å². The summed E-state index contributed by atoms with van der Waals surface area (Å²) in [5, 5.41) is 15.2. The topological polar surface area (TPSA) is 78.9 Å². The SMILES string of the molecule is N/C(CCN(C(=O)c1ccsc1)c1ccccc1)=N/O. The van der Waals surface area contributed by atoms with E-state index in [1.807, 2.05) is 41.1 Å². The summed E-state index contributed by atoms with van der Waals surface area (Å²) in [4.78, 5) is 14.1. The largest absolute Gasteiger partial charge is 0.409 e. The molecule has 2 rings (SSSR count). The van der Waals surface area contributed by atoms with Crippen molar-refractivity contribution in [1.29, 1.82) is 0 Å². The molecule has 20 heavy (non-hydrogen) atoms. The van der Waals surface area contributed by atoms with Gasteiger partial charge < -0.3 is 15.8 Å². The van der Waals surface area contributed by atoms with Crippen molar-refractivity contribution >= 4 is 28.8 Å². The number of amides is 1. The molecular formula is C14H15N3O2S. The highest BCUT2D eigenvalue weighted by Crippen LogP contribution is 2.18. The first kappa shape index (κ1) is 14.1. The minimum Gasteiger partial charge on any atom is -0.409 e. The Morgan fingerprint density at radius 2 is 2.05 bits per heavy atom. The molecule has 3 N–H and O–H groups in total. The van der Waals surface area contributed by atoms with Gasteiger partial charge in [-0.25, -0.2) is 0 Å². The van der Waals surface area contributed by atoms with E-state index in [1.165, 1.54) is 11.3 Å². The van der Waals surface area contributed by atoms with Crippen LogP contribution in [0.2, 0.25) is 0 Å². The van der Waals surface area contributed by atoms with E-state index in [4.69, 9.17) is 10.9 Å². The lowest BCUT2D eigenvalue weighted by Gasteiger charge is -2.22. The summed E-state index contributed by atoms with van der Waals surface area (Å²) < 4.78 is 0. The molecular weight excluding hydrogens is 274 g/mol. The maximum absolute atomic E-state index is 12.5. The number of oxime groups is 1. The van der Waals surface area contributed by atoms with Crippen molar-refractivity contribution in [2.75, 3.05) is 11.4 Å². The van der Waals surface area contributed by atoms with Crippen molar-refractivity contribution < 1.29 is 10.0 Å². The average molecular weight is 289 g/mol. The van der Waals surface area contributed by atoms with E-state index in [-0.39, 0.29) is 11.7 Å². The molecule has 1 aromatic carbocycles. The second-order valence-electron chi connectivity index (χ2n) is 4.15. The zero-order chi connectivity index (χ0) is 14.4. The molecule has 1 heterocycles. The second-order valence-corrected chi connectivity index (χ2v) is 4.93. The molecule has 0 saturated heterocycles. The van der Waals surface area contributed by atoms with Gasteiger partial charge in [-0.3, -0.25) is 4.79 Å². The number of rotatable bonds is 5. The third kappa shape index (κ3) is 3.36. The van der Waals surface area contributed by atoms with E-state index in [2.05, 4.69) is 5.16 Å². The van der Waals surface area contributed by atoms with Crippen molar-refractivity contribution in [3.63, 3.8) is 0 Å². The van der Waals surface area contributed by atoms with Crippen molar-refractivity contribution in [2.45, 2.75) is 6.42 Å². The van der Waals surface area contributed by atoms with Gasteiger partial charge in [0.2, 0.25) is 0 Å². The Balaban J connectivity index is 2.22. The number of anilines is 1. The van der Waals surface area contributed by atoms with E-state index in [1.54, 1.807) is 11.0 Å². The number of nitrogens with zero attached hydrogens (tertiary/aromatic N) is 2. The maximum atomic E-state index is 12.5. The summed E-state index contributed by atoms with van der Waals surface area (Å²) in [7, 11) is 0. The van der Waals surface area contributed by atoms with E-state index in [0.717, 1.165) is 5.69 Å². The number of hydrogen-bond acceptors (Lipinski definition) is 4. The number of hydrogen-bond donors (Lipinski definition) is 2. The Morgan fingerprint density at radius 3 is 2.65 bits per heavy atom. The molecule has 6 heteroatoms. The third-order valence-corrected chi connectivity index (χ3v) is 3.48. The number of nitrogens with two attached hydrogens (primary N) is 1. The lowest BCUT2D eigenvalue weighted by molar-refractivity contribution is 0.0988. The van der Waals surface area contributed by atoms with Crippen LogP contribution in [-0.2, 0) is 0 Å². The van der Waals surface area contributed by atoms with Gasteiger partial charge in [0.1, 0.15) is 5.84 Å². The molecule has 1 aromatic heterocycles. The molecule has 2 aromatic rings. The molecule has 0 spiro atoms. The van der Waals surface area contributed by atoms with Gasteiger partial charge in [0.15, 0.2) is 0 Å². The molecule has 0 saturated carbocycles. The number of amidine groups is 1. The lowest BCUT2D eigenvalue weighted by atomic mass is 10.2. The van der Waals surface area contributed by atoms with Crippen LogP contribution in [0.5, 0.6) is 0 Å². The molecule has 0 aliphatic carbocycles. The predicted octanol–water partition coefficient (Wildman–Crippen LogP) is 2.53. The highest BCUT2D eigenvalue weighted by atomic mass is 32.1. The van der Waals surface area contributed by atoms with Crippen LogP contribution in [-0.4, -0.2) is 23.5 Å². The van der Waals surface area contributed by atoms with Crippen LogP contribution >= 0.6 is 11.3 Å². The van der Waals surface area contributed by atoms with Crippen LogP contribution in [0.4, 0.5) is 5.69 Å². The Hall–Kier alpha value is -2.34. The third-order valence-electron chi connectivity index (χ3n) is 2.80. The maximum Gasteiger partial charge on any atom is 0.259 e. The normalized spacial score (nSPS) is 11.3.